The lowest BCUT2D eigenvalue weighted by Crippen LogP contribution is -2.03. The Morgan fingerprint density at radius 2 is 1.65 bits per heavy atom. The molecule has 2 heteroatoms. The van der Waals surface area contributed by atoms with Crippen LogP contribution >= 0.6 is 0 Å². The van der Waals surface area contributed by atoms with E-state index < -0.39 is 6.10 Å². The first-order chi connectivity index (χ1) is 8.09. The zero-order valence-electron chi connectivity index (χ0n) is 10.5. The molecule has 0 aliphatic carbocycles. The van der Waals surface area contributed by atoms with Crippen molar-refractivity contribution in [3.05, 3.63) is 59.0 Å². The van der Waals surface area contributed by atoms with Gasteiger partial charge in [0.05, 0.1) is 0 Å². The highest BCUT2D eigenvalue weighted by Crippen LogP contribution is 2.29. The molecular weight excluding hydrogens is 212 g/mol. The van der Waals surface area contributed by atoms with Gasteiger partial charge in [0.1, 0.15) is 17.6 Å². The van der Waals surface area contributed by atoms with E-state index in [2.05, 4.69) is 19.9 Å². The first kappa shape index (κ1) is 11.9. The van der Waals surface area contributed by atoms with Gasteiger partial charge in [-0.2, -0.15) is 0 Å². The third kappa shape index (κ3) is 2.42. The molecule has 0 bridgehead atoms. The van der Waals surface area contributed by atoms with Crippen molar-refractivity contribution in [1.82, 2.24) is 0 Å². The quantitative estimate of drug-likeness (QED) is 0.870. The van der Waals surface area contributed by atoms with Gasteiger partial charge < -0.3 is 9.52 Å². The number of aliphatic hydroxyl groups is 1. The second kappa shape index (κ2) is 4.76. The molecule has 0 unspecified atom stereocenters. The van der Waals surface area contributed by atoms with Gasteiger partial charge in [-0.3, -0.25) is 0 Å². The summed E-state index contributed by atoms with van der Waals surface area (Å²) >= 11 is 0. The van der Waals surface area contributed by atoms with E-state index in [0.29, 0.717) is 11.7 Å². The predicted octanol–water partition coefficient (Wildman–Crippen LogP) is 3.79. The molecule has 90 valence electrons. The highest BCUT2D eigenvalue weighted by atomic mass is 16.4. The average Bonchev–Trinajstić information content (AvgIpc) is 2.75. The Hall–Kier alpha value is -1.54. The van der Waals surface area contributed by atoms with E-state index in [9.17, 15) is 5.11 Å². The normalized spacial score (nSPS) is 13.0. The molecule has 0 fully saturated rings. The molecule has 0 aliphatic heterocycles. The van der Waals surface area contributed by atoms with Crippen molar-refractivity contribution in [2.75, 3.05) is 0 Å². The maximum absolute atomic E-state index is 10.3. The fraction of sp³-hybridized carbons (Fsp3) is 0.333. The fourth-order valence-electron chi connectivity index (χ4n) is 2.04. The van der Waals surface area contributed by atoms with E-state index in [1.807, 2.05) is 37.3 Å². The minimum absolute atomic E-state index is 0.386. The predicted molar refractivity (Wildman–Crippen MR) is 68.0 cm³/mol. The first-order valence-corrected chi connectivity index (χ1v) is 5.93. The summed E-state index contributed by atoms with van der Waals surface area (Å²) in [7, 11) is 0. The summed E-state index contributed by atoms with van der Waals surface area (Å²) < 4.78 is 5.48. The zero-order chi connectivity index (χ0) is 12.4. The summed E-state index contributed by atoms with van der Waals surface area (Å²) in [6.45, 7) is 6.13. The van der Waals surface area contributed by atoms with Gasteiger partial charge in [0.2, 0.25) is 0 Å². The van der Waals surface area contributed by atoms with Gasteiger partial charge in [0.25, 0.3) is 0 Å². The summed E-state index contributed by atoms with van der Waals surface area (Å²) in [4.78, 5) is 0. The molecule has 0 aliphatic rings. The molecule has 1 N–H and O–H groups in total. The Morgan fingerprint density at radius 1 is 1.00 bits per heavy atom. The van der Waals surface area contributed by atoms with Gasteiger partial charge >= 0.3 is 0 Å². The Morgan fingerprint density at radius 3 is 2.18 bits per heavy atom. The molecule has 2 nitrogen and oxygen atoms in total. The Labute approximate surface area is 102 Å². The second-order valence-electron chi connectivity index (χ2n) is 4.63. The molecule has 0 radical (unpaired) electrons. The van der Waals surface area contributed by atoms with Crippen molar-refractivity contribution in [2.24, 2.45) is 0 Å². The highest BCUT2D eigenvalue weighted by molar-refractivity contribution is 5.35. The van der Waals surface area contributed by atoms with Gasteiger partial charge in [-0.25, -0.2) is 0 Å². The van der Waals surface area contributed by atoms with Crippen LogP contribution in [0.25, 0.3) is 0 Å². The standard InChI is InChI=1S/C15H18O2/c1-10(2)12-6-4-5-7-13(12)15(16)14-9-8-11(3)17-14/h4-10,15-16H,1-3H3/t15-/m0/s1. The Kier molecular flexibility index (Phi) is 3.34. The molecule has 17 heavy (non-hydrogen) atoms. The number of hydrogen-bond donors (Lipinski definition) is 1. The van der Waals surface area contributed by atoms with Crippen LogP contribution in [0.15, 0.2) is 40.8 Å². The first-order valence-electron chi connectivity index (χ1n) is 5.93. The molecule has 1 aromatic heterocycles. The van der Waals surface area contributed by atoms with E-state index in [4.69, 9.17) is 4.42 Å². The van der Waals surface area contributed by atoms with Gasteiger partial charge in [-0.1, -0.05) is 38.1 Å². The average molecular weight is 230 g/mol. The number of aryl methyl sites for hydroxylation is 1. The topological polar surface area (TPSA) is 33.4 Å². The van der Waals surface area contributed by atoms with Crippen LogP contribution in [0, 0.1) is 6.92 Å². The third-order valence-electron chi connectivity index (χ3n) is 2.94. The second-order valence-corrected chi connectivity index (χ2v) is 4.63. The zero-order valence-corrected chi connectivity index (χ0v) is 10.5. The molecule has 0 spiro atoms. The monoisotopic (exact) mass is 230 g/mol. The molecule has 0 saturated heterocycles. The van der Waals surface area contributed by atoms with Gasteiger partial charge in [0, 0.05) is 0 Å². The van der Waals surface area contributed by atoms with Gasteiger partial charge in [-0.15, -0.1) is 0 Å². The SMILES string of the molecule is Cc1ccc([C@@H](O)c2ccccc2C(C)C)o1. The summed E-state index contributed by atoms with van der Waals surface area (Å²) in [5.41, 5.74) is 2.09. The third-order valence-corrected chi connectivity index (χ3v) is 2.94. The van der Waals surface area contributed by atoms with E-state index in [0.717, 1.165) is 16.9 Å². The Balaban J connectivity index is 2.40. The maximum Gasteiger partial charge on any atom is 0.137 e. The summed E-state index contributed by atoms with van der Waals surface area (Å²) in [6, 6.07) is 11.7. The van der Waals surface area contributed by atoms with Crippen LogP contribution in [-0.2, 0) is 0 Å². The molecule has 0 amide bonds. The summed E-state index contributed by atoms with van der Waals surface area (Å²) in [5, 5.41) is 10.3. The van der Waals surface area contributed by atoms with Crippen LogP contribution in [0.4, 0.5) is 0 Å². The van der Waals surface area contributed by atoms with Crippen molar-refractivity contribution in [3.63, 3.8) is 0 Å². The highest BCUT2D eigenvalue weighted by Gasteiger charge is 2.18. The van der Waals surface area contributed by atoms with Crippen molar-refractivity contribution in [3.8, 4) is 0 Å². The fourth-order valence-corrected chi connectivity index (χ4v) is 2.04. The van der Waals surface area contributed by atoms with Crippen LogP contribution in [0.1, 0.15) is 48.5 Å². The van der Waals surface area contributed by atoms with E-state index in [1.54, 1.807) is 0 Å². The Bertz CT molecular complexity index is 497. The van der Waals surface area contributed by atoms with Crippen LogP contribution in [-0.4, -0.2) is 5.11 Å². The number of aliphatic hydroxyl groups excluding tert-OH is 1. The number of benzene rings is 1. The molecule has 1 atom stereocenters. The summed E-state index contributed by atoms with van der Waals surface area (Å²) in [5.74, 6) is 1.81. The smallest absolute Gasteiger partial charge is 0.137 e. The number of rotatable bonds is 3. The molecule has 2 aromatic rings. The maximum atomic E-state index is 10.3. The van der Waals surface area contributed by atoms with E-state index in [1.165, 1.54) is 0 Å². The number of hydrogen-bond acceptors (Lipinski definition) is 2. The van der Waals surface area contributed by atoms with Crippen LogP contribution < -0.4 is 0 Å². The van der Waals surface area contributed by atoms with Gasteiger partial charge in [0.15, 0.2) is 0 Å². The minimum Gasteiger partial charge on any atom is -0.463 e. The van der Waals surface area contributed by atoms with Crippen molar-refractivity contribution < 1.29 is 9.52 Å². The van der Waals surface area contributed by atoms with Crippen molar-refractivity contribution in [1.29, 1.82) is 0 Å². The van der Waals surface area contributed by atoms with Crippen LogP contribution in [0.2, 0.25) is 0 Å². The number of furan rings is 1. The lowest BCUT2D eigenvalue weighted by atomic mass is 9.93. The molecule has 2 rings (SSSR count). The lowest BCUT2D eigenvalue weighted by molar-refractivity contribution is 0.186. The lowest BCUT2D eigenvalue weighted by Gasteiger charge is -2.16. The molecule has 1 heterocycles. The van der Waals surface area contributed by atoms with E-state index in [-0.39, 0.29) is 0 Å². The van der Waals surface area contributed by atoms with E-state index >= 15 is 0 Å². The van der Waals surface area contributed by atoms with Crippen molar-refractivity contribution in [2.45, 2.75) is 32.8 Å². The van der Waals surface area contributed by atoms with Crippen LogP contribution in [0.3, 0.4) is 0 Å². The molecular formula is C15H18O2. The van der Waals surface area contributed by atoms with Crippen LogP contribution in [0.5, 0.6) is 0 Å². The summed E-state index contributed by atoms with van der Waals surface area (Å²) in [6.07, 6.45) is -0.678. The van der Waals surface area contributed by atoms with Crippen molar-refractivity contribution >= 4 is 0 Å². The molecule has 0 saturated carbocycles. The minimum atomic E-state index is -0.678. The molecule has 1 aromatic carbocycles. The largest absolute Gasteiger partial charge is 0.463 e. The van der Waals surface area contributed by atoms with Gasteiger partial charge in [-0.05, 0) is 36.1 Å².